The van der Waals surface area contributed by atoms with Crippen LogP contribution in [0.1, 0.15) is 25.7 Å². The fourth-order valence-corrected chi connectivity index (χ4v) is 4.54. The van der Waals surface area contributed by atoms with Crippen molar-refractivity contribution < 1.29 is 22.1 Å². The molecule has 5 rings (SSSR count). The molecule has 1 aliphatic carbocycles. The number of aromatic amines is 1. The Kier molecular flexibility index (Phi) is 5.48. The van der Waals surface area contributed by atoms with E-state index in [0.29, 0.717) is 23.5 Å². The number of rotatable bonds is 8. The van der Waals surface area contributed by atoms with Crippen LogP contribution in [0.5, 0.6) is 5.75 Å². The fraction of sp³-hybridized carbons (Fsp3) is 0.364. The molecule has 9 nitrogen and oxygen atoms in total. The Labute approximate surface area is 185 Å². The Balaban J connectivity index is 1.25. The van der Waals surface area contributed by atoms with Crippen molar-refractivity contribution in [2.75, 3.05) is 23.8 Å². The SMILES string of the molecule is O=C(Nc1nc2ccc(OS(=O)(=O)c3ccc(NC[C@@H]4CCCO4)cc3)cc2[nH]1)C1CC1. The first-order valence-electron chi connectivity index (χ1n) is 10.7. The van der Waals surface area contributed by atoms with Gasteiger partial charge in [0.05, 0.1) is 17.1 Å². The summed E-state index contributed by atoms with van der Waals surface area (Å²) in [5.74, 6) is 0.492. The number of ether oxygens (including phenoxy) is 1. The normalized spacial score (nSPS) is 18.6. The molecule has 1 amide bonds. The van der Waals surface area contributed by atoms with E-state index < -0.39 is 10.1 Å². The highest BCUT2D eigenvalue weighted by Crippen LogP contribution is 2.30. The van der Waals surface area contributed by atoms with Gasteiger partial charge in [-0.15, -0.1) is 0 Å². The number of nitrogens with one attached hydrogen (secondary N) is 3. The number of fused-ring (bicyclic) bond motifs is 1. The molecule has 0 bridgehead atoms. The minimum atomic E-state index is -4.00. The zero-order valence-corrected chi connectivity index (χ0v) is 18.2. The van der Waals surface area contributed by atoms with E-state index in [2.05, 4.69) is 20.6 Å². The lowest BCUT2D eigenvalue weighted by Crippen LogP contribution is -2.18. The van der Waals surface area contributed by atoms with E-state index >= 15 is 0 Å². The van der Waals surface area contributed by atoms with Crippen LogP contribution in [0.4, 0.5) is 11.6 Å². The highest BCUT2D eigenvalue weighted by molar-refractivity contribution is 7.87. The Morgan fingerprint density at radius 3 is 2.69 bits per heavy atom. The zero-order valence-electron chi connectivity index (χ0n) is 17.3. The molecule has 2 heterocycles. The number of carbonyl (C=O) groups excluding carboxylic acids is 1. The molecule has 3 N–H and O–H groups in total. The van der Waals surface area contributed by atoms with Crippen LogP contribution in [-0.4, -0.2) is 43.5 Å². The number of amides is 1. The summed E-state index contributed by atoms with van der Waals surface area (Å²) in [6.07, 6.45) is 4.09. The largest absolute Gasteiger partial charge is 0.382 e. The van der Waals surface area contributed by atoms with Gasteiger partial charge >= 0.3 is 10.1 Å². The summed E-state index contributed by atoms with van der Waals surface area (Å²) in [7, 11) is -4.00. The average molecular weight is 457 g/mol. The third-order valence-corrected chi connectivity index (χ3v) is 6.81. The lowest BCUT2D eigenvalue weighted by atomic mass is 10.2. The van der Waals surface area contributed by atoms with Gasteiger partial charge in [0.15, 0.2) is 0 Å². The molecule has 1 saturated carbocycles. The monoisotopic (exact) mass is 456 g/mol. The maximum atomic E-state index is 12.7. The fourth-order valence-electron chi connectivity index (χ4n) is 3.62. The van der Waals surface area contributed by atoms with Gasteiger partial charge < -0.3 is 19.2 Å². The van der Waals surface area contributed by atoms with Crippen LogP contribution in [-0.2, 0) is 19.6 Å². The predicted octanol–water partition coefficient (Wildman–Crippen LogP) is 3.27. The van der Waals surface area contributed by atoms with Gasteiger partial charge in [0.25, 0.3) is 0 Å². The molecule has 168 valence electrons. The molecule has 3 aromatic rings. The molecule has 0 radical (unpaired) electrons. The molecule has 1 aliphatic heterocycles. The van der Waals surface area contributed by atoms with Crippen LogP contribution in [0.2, 0.25) is 0 Å². The third kappa shape index (κ3) is 4.71. The number of H-pyrrole nitrogens is 1. The van der Waals surface area contributed by atoms with Crippen LogP contribution in [0.3, 0.4) is 0 Å². The van der Waals surface area contributed by atoms with Gasteiger partial charge in [-0.3, -0.25) is 10.1 Å². The number of hydrogen-bond donors (Lipinski definition) is 3. The lowest BCUT2D eigenvalue weighted by molar-refractivity contribution is -0.117. The number of nitrogens with zero attached hydrogens (tertiary/aromatic N) is 1. The summed E-state index contributed by atoms with van der Waals surface area (Å²) in [5.41, 5.74) is 1.99. The summed E-state index contributed by atoms with van der Waals surface area (Å²) in [6, 6.07) is 11.1. The number of imidazole rings is 1. The molecule has 2 fully saturated rings. The number of hydrogen-bond acceptors (Lipinski definition) is 7. The van der Waals surface area contributed by atoms with E-state index in [9.17, 15) is 13.2 Å². The average Bonchev–Trinajstić information content (AvgIpc) is 3.35. The van der Waals surface area contributed by atoms with Crippen molar-refractivity contribution >= 4 is 38.7 Å². The van der Waals surface area contributed by atoms with Crippen LogP contribution in [0, 0.1) is 5.92 Å². The first kappa shape index (κ1) is 20.8. The number of benzene rings is 2. The summed E-state index contributed by atoms with van der Waals surface area (Å²) < 4.78 is 36.3. The summed E-state index contributed by atoms with van der Waals surface area (Å²) in [5, 5.41) is 6.00. The molecule has 0 unspecified atom stereocenters. The molecule has 1 aromatic heterocycles. The van der Waals surface area contributed by atoms with Gasteiger partial charge in [0.1, 0.15) is 10.6 Å². The first-order valence-corrected chi connectivity index (χ1v) is 12.1. The van der Waals surface area contributed by atoms with Crippen molar-refractivity contribution in [2.24, 2.45) is 5.92 Å². The predicted molar refractivity (Wildman–Crippen MR) is 119 cm³/mol. The molecule has 1 atom stereocenters. The standard InChI is InChI=1S/C22H24N4O5S/c27-21(14-3-4-14)26-22-24-19-10-7-16(12-20(19)25-22)31-32(28,29)18-8-5-15(6-9-18)23-13-17-2-1-11-30-17/h5-10,12,14,17,23H,1-4,11,13H2,(H2,24,25,26,27)/t17-/m0/s1. The molecule has 2 aromatic carbocycles. The van der Waals surface area contributed by atoms with E-state index in [4.69, 9.17) is 8.92 Å². The molecule has 32 heavy (non-hydrogen) atoms. The van der Waals surface area contributed by atoms with E-state index in [1.54, 1.807) is 24.3 Å². The second-order valence-electron chi connectivity index (χ2n) is 8.11. The minimum Gasteiger partial charge on any atom is -0.382 e. The number of carbonyl (C=O) groups is 1. The van der Waals surface area contributed by atoms with Crippen molar-refractivity contribution in [3.05, 3.63) is 42.5 Å². The maximum absolute atomic E-state index is 12.7. The van der Waals surface area contributed by atoms with Crippen molar-refractivity contribution in [2.45, 2.75) is 36.7 Å². The van der Waals surface area contributed by atoms with Crippen molar-refractivity contribution in [3.8, 4) is 5.75 Å². The van der Waals surface area contributed by atoms with Crippen molar-refractivity contribution in [1.29, 1.82) is 0 Å². The van der Waals surface area contributed by atoms with Crippen LogP contribution < -0.4 is 14.8 Å². The number of aromatic nitrogens is 2. The quantitative estimate of drug-likeness (QED) is 0.445. The van der Waals surface area contributed by atoms with E-state index in [0.717, 1.165) is 38.0 Å². The maximum Gasteiger partial charge on any atom is 0.339 e. The van der Waals surface area contributed by atoms with Gasteiger partial charge in [0, 0.05) is 30.8 Å². The van der Waals surface area contributed by atoms with Gasteiger partial charge in [0.2, 0.25) is 11.9 Å². The first-order chi connectivity index (χ1) is 15.5. The highest BCUT2D eigenvalue weighted by atomic mass is 32.2. The lowest BCUT2D eigenvalue weighted by Gasteiger charge is -2.12. The third-order valence-electron chi connectivity index (χ3n) is 5.55. The minimum absolute atomic E-state index is 0.0576. The van der Waals surface area contributed by atoms with E-state index in [1.807, 2.05) is 0 Å². The number of anilines is 2. The summed E-state index contributed by atoms with van der Waals surface area (Å²) >= 11 is 0. The van der Waals surface area contributed by atoms with Gasteiger partial charge in [-0.25, -0.2) is 4.98 Å². The Morgan fingerprint density at radius 2 is 1.97 bits per heavy atom. The van der Waals surface area contributed by atoms with Crippen LogP contribution in [0.25, 0.3) is 11.0 Å². The molecule has 0 spiro atoms. The molecule has 10 heteroatoms. The molecule has 2 aliphatic rings. The zero-order chi connectivity index (χ0) is 22.1. The van der Waals surface area contributed by atoms with Crippen molar-refractivity contribution in [3.63, 3.8) is 0 Å². The van der Waals surface area contributed by atoms with E-state index in [-0.39, 0.29) is 28.6 Å². The van der Waals surface area contributed by atoms with Gasteiger partial charge in [-0.2, -0.15) is 8.42 Å². The Hall–Kier alpha value is -3.11. The van der Waals surface area contributed by atoms with Crippen LogP contribution in [0.15, 0.2) is 47.4 Å². The smallest absolute Gasteiger partial charge is 0.339 e. The summed E-state index contributed by atoms with van der Waals surface area (Å²) in [6.45, 7) is 1.48. The second-order valence-corrected chi connectivity index (χ2v) is 9.65. The topological polar surface area (TPSA) is 122 Å². The molecular weight excluding hydrogens is 432 g/mol. The van der Waals surface area contributed by atoms with E-state index in [1.165, 1.54) is 18.2 Å². The second kappa shape index (κ2) is 8.44. The van der Waals surface area contributed by atoms with Crippen LogP contribution >= 0.6 is 0 Å². The summed E-state index contributed by atoms with van der Waals surface area (Å²) in [4.78, 5) is 19.3. The van der Waals surface area contributed by atoms with Gasteiger partial charge in [-0.1, -0.05) is 0 Å². The Morgan fingerprint density at radius 1 is 1.16 bits per heavy atom. The van der Waals surface area contributed by atoms with Gasteiger partial charge in [-0.05, 0) is 62.1 Å². The highest BCUT2D eigenvalue weighted by Gasteiger charge is 2.30. The van der Waals surface area contributed by atoms with Crippen molar-refractivity contribution in [1.82, 2.24) is 9.97 Å². The molecule has 1 saturated heterocycles. The Bertz CT molecular complexity index is 1230. The molecular formula is C22H24N4O5S.